The number of carbonyl (C=O) groups is 2. The van der Waals surface area contributed by atoms with Crippen LogP contribution in [-0.2, 0) is 4.74 Å². The van der Waals surface area contributed by atoms with E-state index in [4.69, 9.17) is 21.1 Å². The van der Waals surface area contributed by atoms with Crippen LogP contribution in [0.3, 0.4) is 0 Å². The summed E-state index contributed by atoms with van der Waals surface area (Å²) in [6.45, 7) is 3.99. The minimum absolute atomic E-state index is 0.169. The molecule has 0 aliphatic carbocycles. The third-order valence-corrected chi connectivity index (χ3v) is 3.38. The van der Waals surface area contributed by atoms with Gasteiger partial charge in [0.2, 0.25) is 0 Å². The molecule has 0 saturated heterocycles. The molecule has 2 aromatic rings. The Balaban J connectivity index is 2.24. The highest BCUT2D eigenvalue weighted by molar-refractivity contribution is 6.30. The van der Waals surface area contributed by atoms with Gasteiger partial charge in [-0.15, -0.1) is 0 Å². The van der Waals surface area contributed by atoms with Gasteiger partial charge in [-0.2, -0.15) is 0 Å². The van der Waals surface area contributed by atoms with Crippen molar-refractivity contribution in [2.24, 2.45) is 0 Å². The summed E-state index contributed by atoms with van der Waals surface area (Å²) in [6, 6.07) is 11.4. The fraction of sp³-hybridized carbons (Fsp3) is 0.222. The monoisotopic (exact) mass is 332 g/mol. The molecule has 120 valence electrons. The zero-order valence-corrected chi connectivity index (χ0v) is 13.7. The molecule has 0 radical (unpaired) electrons. The number of benzene rings is 2. The average molecular weight is 333 g/mol. The SMILES string of the molecule is CCCOC(=O)c1ccccc1C(=O)Oc1ccc(Cl)cc1C. The van der Waals surface area contributed by atoms with Gasteiger partial charge in [-0.1, -0.05) is 30.7 Å². The molecule has 0 bridgehead atoms. The average Bonchev–Trinajstić information content (AvgIpc) is 2.55. The zero-order chi connectivity index (χ0) is 16.8. The van der Waals surface area contributed by atoms with E-state index in [-0.39, 0.29) is 11.1 Å². The Bertz CT molecular complexity index is 725. The molecule has 0 unspecified atom stereocenters. The van der Waals surface area contributed by atoms with Crippen LogP contribution < -0.4 is 4.74 Å². The van der Waals surface area contributed by atoms with Crippen molar-refractivity contribution >= 4 is 23.5 Å². The smallest absolute Gasteiger partial charge is 0.344 e. The maximum atomic E-state index is 12.4. The Morgan fingerprint density at radius 1 is 1.04 bits per heavy atom. The molecule has 5 heteroatoms. The molecule has 0 aliphatic rings. The topological polar surface area (TPSA) is 52.6 Å². The second kappa shape index (κ2) is 7.79. The van der Waals surface area contributed by atoms with Crippen molar-refractivity contribution in [1.82, 2.24) is 0 Å². The van der Waals surface area contributed by atoms with E-state index < -0.39 is 11.9 Å². The summed E-state index contributed by atoms with van der Waals surface area (Å²) in [5.41, 5.74) is 1.09. The normalized spacial score (nSPS) is 10.2. The Morgan fingerprint density at radius 3 is 2.30 bits per heavy atom. The first kappa shape index (κ1) is 17.0. The summed E-state index contributed by atoms with van der Waals surface area (Å²) < 4.78 is 10.5. The molecule has 0 saturated carbocycles. The van der Waals surface area contributed by atoms with E-state index in [1.54, 1.807) is 43.3 Å². The van der Waals surface area contributed by atoms with E-state index in [1.165, 1.54) is 6.07 Å². The van der Waals surface area contributed by atoms with Gasteiger partial charge in [0.25, 0.3) is 0 Å². The lowest BCUT2D eigenvalue weighted by Gasteiger charge is -2.10. The van der Waals surface area contributed by atoms with Gasteiger partial charge in [0.15, 0.2) is 0 Å². The van der Waals surface area contributed by atoms with Crippen molar-refractivity contribution < 1.29 is 19.1 Å². The lowest BCUT2D eigenvalue weighted by Crippen LogP contribution is -2.16. The number of carbonyl (C=O) groups excluding carboxylic acids is 2. The van der Waals surface area contributed by atoms with E-state index in [9.17, 15) is 9.59 Å². The highest BCUT2D eigenvalue weighted by Crippen LogP contribution is 2.23. The lowest BCUT2D eigenvalue weighted by atomic mass is 10.1. The van der Waals surface area contributed by atoms with Crippen LogP contribution >= 0.6 is 11.6 Å². The van der Waals surface area contributed by atoms with Crippen LogP contribution in [0.15, 0.2) is 42.5 Å². The van der Waals surface area contributed by atoms with Crippen molar-refractivity contribution in [2.45, 2.75) is 20.3 Å². The fourth-order valence-electron chi connectivity index (χ4n) is 1.99. The minimum atomic E-state index is -0.612. The Kier molecular flexibility index (Phi) is 5.77. The lowest BCUT2D eigenvalue weighted by molar-refractivity contribution is 0.0496. The van der Waals surface area contributed by atoms with Crippen molar-refractivity contribution in [3.05, 3.63) is 64.2 Å². The molecule has 0 atom stereocenters. The summed E-state index contributed by atoms with van der Waals surface area (Å²) in [5, 5.41) is 0.561. The summed E-state index contributed by atoms with van der Waals surface area (Å²) in [4.78, 5) is 24.4. The van der Waals surface area contributed by atoms with Crippen LogP contribution in [0, 0.1) is 6.92 Å². The molecular weight excluding hydrogens is 316 g/mol. The molecule has 4 nitrogen and oxygen atoms in total. The summed E-state index contributed by atoms with van der Waals surface area (Å²) in [6.07, 6.45) is 0.711. The van der Waals surface area contributed by atoms with E-state index in [2.05, 4.69) is 0 Å². The number of hydrogen-bond donors (Lipinski definition) is 0. The predicted octanol–water partition coefficient (Wildman–Crippen LogP) is 4.43. The fourth-order valence-corrected chi connectivity index (χ4v) is 2.22. The van der Waals surface area contributed by atoms with Gasteiger partial charge in [-0.25, -0.2) is 9.59 Å². The van der Waals surface area contributed by atoms with Gasteiger partial charge in [0.1, 0.15) is 5.75 Å². The molecule has 2 rings (SSSR count). The Morgan fingerprint density at radius 2 is 1.70 bits per heavy atom. The minimum Gasteiger partial charge on any atom is -0.462 e. The van der Waals surface area contributed by atoms with Gasteiger partial charge < -0.3 is 9.47 Å². The standard InChI is InChI=1S/C18H17ClO4/c1-3-10-22-17(20)14-6-4-5-7-15(14)18(21)23-16-9-8-13(19)11-12(16)2/h4-9,11H,3,10H2,1-2H3. The second-order valence-corrected chi connectivity index (χ2v) is 5.42. The largest absolute Gasteiger partial charge is 0.462 e. The van der Waals surface area contributed by atoms with Crippen molar-refractivity contribution in [3.63, 3.8) is 0 Å². The van der Waals surface area contributed by atoms with Crippen molar-refractivity contribution in [2.75, 3.05) is 6.61 Å². The number of rotatable bonds is 5. The first-order chi connectivity index (χ1) is 11.0. The molecular formula is C18H17ClO4. The van der Waals surface area contributed by atoms with Crippen LogP contribution in [0.5, 0.6) is 5.75 Å². The molecule has 23 heavy (non-hydrogen) atoms. The molecule has 0 spiro atoms. The van der Waals surface area contributed by atoms with Gasteiger partial charge >= 0.3 is 11.9 Å². The van der Waals surface area contributed by atoms with Gasteiger partial charge in [-0.3, -0.25) is 0 Å². The van der Waals surface area contributed by atoms with Gasteiger partial charge in [0.05, 0.1) is 17.7 Å². The molecule has 0 N–H and O–H groups in total. The van der Waals surface area contributed by atoms with Crippen molar-refractivity contribution in [1.29, 1.82) is 0 Å². The van der Waals surface area contributed by atoms with Crippen LogP contribution in [0.2, 0.25) is 5.02 Å². The second-order valence-electron chi connectivity index (χ2n) is 4.98. The van der Waals surface area contributed by atoms with Crippen LogP contribution in [-0.4, -0.2) is 18.5 Å². The first-order valence-corrected chi connectivity index (χ1v) is 7.65. The predicted molar refractivity (Wildman–Crippen MR) is 88.2 cm³/mol. The third kappa shape index (κ3) is 4.33. The molecule has 0 amide bonds. The molecule has 0 heterocycles. The van der Waals surface area contributed by atoms with E-state index in [0.29, 0.717) is 23.8 Å². The Labute approximate surface area is 140 Å². The van der Waals surface area contributed by atoms with E-state index in [1.807, 2.05) is 6.92 Å². The van der Waals surface area contributed by atoms with Crippen LogP contribution in [0.4, 0.5) is 0 Å². The number of ether oxygens (including phenoxy) is 2. The van der Waals surface area contributed by atoms with Gasteiger partial charge in [-0.05, 0) is 49.2 Å². The van der Waals surface area contributed by atoms with E-state index >= 15 is 0 Å². The molecule has 0 aliphatic heterocycles. The van der Waals surface area contributed by atoms with Crippen LogP contribution in [0.25, 0.3) is 0 Å². The van der Waals surface area contributed by atoms with Crippen molar-refractivity contribution in [3.8, 4) is 5.75 Å². The maximum absolute atomic E-state index is 12.4. The highest BCUT2D eigenvalue weighted by atomic mass is 35.5. The third-order valence-electron chi connectivity index (χ3n) is 3.14. The Hall–Kier alpha value is -2.33. The van der Waals surface area contributed by atoms with Crippen LogP contribution in [0.1, 0.15) is 39.6 Å². The first-order valence-electron chi connectivity index (χ1n) is 7.27. The maximum Gasteiger partial charge on any atom is 0.344 e. The number of halogens is 1. The van der Waals surface area contributed by atoms with Gasteiger partial charge in [0, 0.05) is 5.02 Å². The molecule has 0 fully saturated rings. The highest BCUT2D eigenvalue weighted by Gasteiger charge is 2.19. The van der Waals surface area contributed by atoms with E-state index in [0.717, 1.165) is 5.56 Å². The summed E-state index contributed by atoms with van der Waals surface area (Å²) in [5.74, 6) is -0.747. The number of esters is 2. The summed E-state index contributed by atoms with van der Waals surface area (Å²) in [7, 11) is 0. The summed E-state index contributed by atoms with van der Waals surface area (Å²) >= 11 is 5.88. The zero-order valence-electron chi connectivity index (χ0n) is 13.0. The molecule has 0 aromatic heterocycles. The quantitative estimate of drug-likeness (QED) is 0.600. The number of hydrogen-bond acceptors (Lipinski definition) is 4. The number of aryl methyl sites for hydroxylation is 1. The molecule has 2 aromatic carbocycles.